The lowest BCUT2D eigenvalue weighted by molar-refractivity contribution is -0.126. The lowest BCUT2D eigenvalue weighted by Gasteiger charge is -2.55. The molecule has 2 bridgehead atoms. The largest absolute Gasteiger partial charge is 0.392 e. The first-order chi connectivity index (χ1) is 15.0. The van der Waals surface area contributed by atoms with Gasteiger partial charge < -0.3 is 5.11 Å². The molecule has 0 spiro atoms. The van der Waals surface area contributed by atoms with Crippen LogP contribution >= 0.6 is 15.9 Å². The second-order valence-corrected chi connectivity index (χ2v) is 9.52. The molecule has 0 radical (unpaired) electrons. The number of benzene rings is 3. The molecule has 1 N–H and O–H groups in total. The lowest BCUT2D eigenvalue weighted by atomic mass is 9.46. The Balaban J connectivity index is 1.68. The number of carbonyl (C=O) groups is 2. The van der Waals surface area contributed by atoms with Crippen molar-refractivity contribution in [3.63, 3.8) is 0 Å². The molecule has 1 heterocycles. The van der Waals surface area contributed by atoms with Gasteiger partial charge in [0.1, 0.15) is 0 Å². The van der Waals surface area contributed by atoms with Gasteiger partial charge in [-0.3, -0.25) is 9.59 Å². The van der Waals surface area contributed by atoms with E-state index in [0.717, 1.165) is 22.3 Å². The van der Waals surface area contributed by atoms with Crippen molar-refractivity contribution < 1.29 is 14.7 Å². The van der Waals surface area contributed by atoms with Gasteiger partial charge in [0.25, 0.3) is 0 Å². The van der Waals surface area contributed by atoms with E-state index < -0.39 is 23.4 Å². The molecule has 0 unspecified atom stereocenters. The van der Waals surface area contributed by atoms with Crippen molar-refractivity contribution in [2.75, 3.05) is 4.90 Å². The van der Waals surface area contributed by atoms with Crippen LogP contribution in [0, 0.1) is 11.8 Å². The molecule has 1 saturated heterocycles. The summed E-state index contributed by atoms with van der Waals surface area (Å²) < 4.78 is 0.698. The Labute approximate surface area is 188 Å². The molecule has 3 aliphatic carbocycles. The van der Waals surface area contributed by atoms with E-state index in [9.17, 15) is 14.7 Å². The number of hydrogen-bond donors (Lipinski definition) is 1. The van der Waals surface area contributed by atoms with E-state index >= 15 is 0 Å². The fraction of sp³-hybridized carbons (Fsp3) is 0.231. The van der Waals surface area contributed by atoms with Crippen LogP contribution in [0.25, 0.3) is 0 Å². The Morgan fingerprint density at radius 2 is 1.42 bits per heavy atom. The Morgan fingerprint density at radius 1 is 0.871 bits per heavy atom. The van der Waals surface area contributed by atoms with Crippen molar-refractivity contribution >= 4 is 33.4 Å². The molecule has 3 atom stereocenters. The van der Waals surface area contributed by atoms with Gasteiger partial charge in [-0.25, -0.2) is 4.90 Å². The van der Waals surface area contributed by atoms with E-state index in [1.807, 2.05) is 66.7 Å². The van der Waals surface area contributed by atoms with Gasteiger partial charge in [0.15, 0.2) is 0 Å². The van der Waals surface area contributed by atoms with E-state index in [-0.39, 0.29) is 17.7 Å². The maximum Gasteiger partial charge on any atom is 0.239 e. The van der Waals surface area contributed by atoms with Crippen LogP contribution in [0.15, 0.2) is 77.3 Å². The van der Waals surface area contributed by atoms with Crippen LogP contribution in [-0.4, -0.2) is 23.0 Å². The van der Waals surface area contributed by atoms with Crippen LogP contribution in [0.3, 0.4) is 0 Å². The molecule has 1 fully saturated rings. The summed E-state index contributed by atoms with van der Waals surface area (Å²) in [5.74, 6) is -1.83. The number of para-hydroxylation sites is 1. The van der Waals surface area contributed by atoms with Gasteiger partial charge in [-0.1, -0.05) is 60.7 Å². The van der Waals surface area contributed by atoms with Crippen molar-refractivity contribution in [2.24, 2.45) is 11.8 Å². The standard InChI is InChI=1S/C26H20BrNO3/c1-14(29)26-17-10-4-2-8-15(17)21(16-9-3-5-11-18(16)26)22-23(26)25(31)28(24(22)30)20-13-7-6-12-19(20)27/h2-14,21-23,29H,1H3/t14-,21?,22-,23+,26?/m0/s1. The molecule has 4 aliphatic rings. The fourth-order valence-corrected chi connectivity index (χ4v) is 6.87. The predicted octanol–water partition coefficient (Wildman–Crippen LogP) is 4.38. The first-order valence-corrected chi connectivity index (χ1v) is 11.3. The van der Waals surface area contributed by atoms with Gasteiger partial charge in [-0.15, -0.1) is 0 Å². The second-order valence-electron chi connectivity index (χ2n) is 8.66. The van der Waals surface area contributed by atoms with Gasteiger partial charge in [0.05, 0.1) is 29.0 Å². The normalized spacial score (nSPS) is 28.9. The topological polar surface area (TPSA) is 57.6 Å². The molecule has 0 saturated carbocycles. The van der Waals surface area contributed by atoms with Crippen molar-refractivity contribution in [1.82, 2.24) is 0 Å². The average Bonchev–Trinajstić information content (AvgIpc) is 3.05. The maximum absolute atomic E-state index is 14.0. The Bertz CT molecular complexity index is 1220. The van der Waals surface area contributed by atoms with Crippen LogP contribution in [0.1, 0.15) is 35.1 Å². The summed E-state index contributed by atoms with van der Waals surface area (Å²) in [6.45, 7) is 1.75. The van der Waals surface area contributed by atoms with E-state index in [0.29, 0.717) is 10.2 Å². The number of imide groups is 1. The second kappa shape index (κ2) is 6.38. The maximum atomic E-state index is 14.0. The monoisotopic (exact) mass is 473 g/mol. The molecule has 2 amide bonds. The molecule has 31 heavy (non-hydrogen) atoms. The summed E-state index contributed by atoms with van der Waals surface area (Å²) in [7, 11) is 0. The quantitative estimate of drug-likeness (QED) is 0.561. The molecular weight excluding hydrogens is 454 g/mol. The zero-order chi connectivity index (χ0) is 21.5. The number of amides is 2. The summed E-state index contributed by atoms with van der Waals surface area (Å²) in [5.41, 5.74) is 3.60. The van der Waals surface area contributed by atoms with Crippen LogP contribution in [0.2, 0.25) is 0 Å². The molecular formula is C26H20BrNO3. The average molecular weight is 474 g/mol. The molecule has 1 aliphatic heterocycles. The zero-order valence-electron chi connectivity index (χ0n) is 16.8. The molecule has 3 aromatic carbocycles. The van der Waals surface area contributed by atoms with Gasteiger partial charge in [0, 0.05) is 10.4 Å². The summed E-state index contributed by atoms with van der Waals surface area (Å²) in [5, 5.41) is 11.3. The number of hydrogen-bond acceptors (Lipinski definition) is 3. The highest BCUT2D eigenvalue weighted by Crippen LogP contribution is 2.65. The van der Waals surface area contributed by atoms with Gasteiger partial charge in [0.2, 0.25) is 11.8 Å². The Hall–Kier alpha value is -2.76. The highest BCUT2D eigenvalue weighted by molar-refractivity contribution is 9.10. The molecule has 3 aromatic rings. The number of halogens is 1. The van der Waals surface area contributed by atoms with Gasteiger partial charge in [-0.05, 0) is 57.2 Å². The fourth-order valence-electron chi connectivity index (χ4n) is 6.41. The van der Waals surface area contributed by atoms with E-state index in [2.05, 4.69) is 15.9 Å². The minimum atomic E-state index is -0.963. The lowest BCUT2D eigenvalue weighted by Crippen LogP contribution is -2.58. The van der Waals surface area contributed by atoms with Crippen LogP contribution < -0.4 is 4.90 Å². The number of nitrogens with zero attached hydrogens (tertiary/aromatic N) is 1. The SMILES string of the molecule is C[C@H](O)C12c3ccccc3C(c3ccccc31)[C@@H]1C(=O)N(c3ccccc3Br)C(=O)[C@@H]12. The van der Waals surface area contributed by atoms with Crippen molar-refractivity contribution in [3.05, 3.63) is 99.5 Å². The van der Waals surface area contributed by atoms with E-state index in [1.165, 1.54) is 4.90 Å². The smallest absolute Gasteiger partial charge is 0.239 e. The van der Waals surface area contributed by atoms with Crippen molar-refractivity contribution in [2.45, 2.75) is 24.4 Å². The third kappa shape index (κ3) is 2.13. The van der Waals surface area contributed by atoms with Gasteiger partial charge in [-0.2, -0.15) is 0 Å². The summed E-state index contributed by atoms with van der Waals surface area (Å²) in [6, 6.07) is 23.3. The van der Waals surface area contributed by atoms with Crippen molar-refractivity contribution in [1.29, 1.82) is 0 Å². The highest BCUT2D eigenvalue weighted by Gasteiger charge is 2.69. The third-order valence-electron chi connectivity index (χ3n) is 7.44. The molecule has 154 valence electrons. The van der Waals surface area contributed by atoms with Crippen LogP contribution in [0.4, 0.5) is 5.69 Å². The van der Waals surface area contributed by atoms with Crippen LogP contribution in [0.5, 0.6) is 0 Å². The minimum Gasteiger partial charge on any atom is -0.392 e. The number of aliphatic hydroxyl groups is 1. The number of carbonyl (C=O) groups excluding carboxylic acids is 2. The molecule has 4 nitrogen and oxygen atoms in total. The number of rotatable bonds is 2. The summed E-state index contributed by atoms with van der Waals surface area (Å²) >= 11 is 3.51. The zero-order valence-corrected chi connectivity index (χ0v) is 18.4. The summed E-state index contributed by atoms with van der Waals surface area (Å²) in [6.07, 6.45) is -0.848. The van der Waals surface area contributed by atoms with Crippen LogP contribution in [-0.2, 0) is 15.0 Å². The Kier molecular flexibility index (Phi) is 3.90. The molecule has 0 aromatic heterocycles. The minimum absolute atomic E-state index is 0.194. The third-order valence-corrected chi connectivity index (χ3v) is 8.11. The van der Waals surface area contributed by atoms with E-state index in [4.69, 9.17) is 0 Å². The number of aliphatic hydroxyl groups excluding tert-OH is 1. The molecule has 7 rings (SSSR count). The highest BCUT2D eigenvalue weighted by atomic mass is 79.9. The first kappa shape index (κ1) is 19.0. The van der Waals surface area contributed by atoms with Gasteiger partial charge >= 0.3 is 0 Å². The van der Waals surface area contributed by atoms with E-state index in [1.54, 1.807) is 13.0 Å². The predicted molar refractivity (Wildman–Crippen MR) is 121 cm³/mol. The number of anilines is 1. The van der Waals surface area contributed by atoms with Crippen molar-refractivity contribution in [3.8, 4) is 0 Å². The first-order valence-electron chi connectivity index (χ1n) is 10.5. The Morgan fingerprint density at radius 3 is 2.00 bits per heavy atom. The summed E-state index contributed by atoms with van der Waals surface area (Å²) in [4.78, 5) is 29.2. The molecule has 5 heteroatoms.